The summed E-state index contributed by atoms with van der Waals surface area (Å²) in [5.74, 6) is -8.26. The van der Waals surface area contributed by atoms with Crippen molar-refractivity contribution in [1.29, 1.82) is 0 Å². The van der Waals surface area contributed by atoms with E-state index in [1.165, 1.54) is 24.0 Å². The lowest BCUT2D eigenvalue weighted by Crippen LogP contribution is -2.43. The first-order valence-corrected chi connectivity index (χ1v) is 11.3. The second-order valence-electron chi connectivity index (χ2n) is 9.08. The third kappa shape index (κ3) is 4.24. The predicted octanol–water partition coefficient (Wildman–Crippen LogP) is 2.11. The summed E-state index contributed by atoms with van der Waals surface area (Å²) in [5.41, 5.74) is 3.70. The van der Waals surface area contributed by atoms with Crippen LogP contribution in [0.3, 0.4) is 0 Å². The molecule has 1 aliphatic heterocycles. The van der Waals surface area contributed by atoms with Crippen molar-refractivity contribution < 1.29 is 35.7 Å². The highest BCUT2D eigenvalue weighted by Crippen LogP contribution is 2.42. The molecule has 4 N–H and O–H groups in total. The number of rotatable bonds is 6. The fourth-order valence-corrected chi connectivity index (χ4v) is 4.12. The van der Waals surface area contributed by atoms with Gasteiger partial charge in [0.1, 0.15) is 23.2 Å². The standard InChI is InChI=1S/C22H20F5N11O2/c1-20(18(39)31-9-6-29-37(2)8-9)12-14(28)34-16(35-15(12)36-19(20)40)13-10-7-30-38(3)17(10)33-11(32-13)4-5-21(23,24)22(25,26)27/h6-8H,4-5H2,1-3H3,(H,31,39)(H3,28,34,35,36,40)/i3D3. The molecule has 18 heteroatoms. The monoisotopic (exact) mass is 568 g/mol. The first-order valence-electron chi connectivity index (χ1n) is 12.8. The van der Waals surface area contributed by atoms with E-state index >= 15 is 0 Å². The van der Waals surface area contributed by atoms with Crippen molar-refractivity contribution in [3.8, 4) is 11.5 Å². The first kappa shape index (κ1) is 23.1. The maximum Gasteiger partial charge on any atom is 0.453 e. The lowest BCUT2D eigenvalue weighted by atomic mass is 9.83. The van der Waals surface area contributed by atoms with Crippen LogP contribution in [0.1, 0.15) is 28.8 Å². The van der Waals surface area contributed by atoms with Gasteiger partial charge in [0.25, 0.3) is 0 Å². The number of hydrogen-bond acceptors (Lipinski definition) is 9. The predicted molar refractivity (Wildman–Crippen MR) is 129 cm³/mol. The number of halogens is 5. The van der Waals surface area contributed by atoms with E-state index in [-0.39, 0.29) is 39.8 Å². The third-order valence-electron chi connectivity index (χ3n) is 6.30. The molecule has 0 radical (unpaired) electrons. The highest BCUT2D eigenvalue weighted by Gasteiger charge is 2.57. The van der Waals surface area contributed by atoms with E-state index in [1.54, 1.807) is 7.05 Å². The molecular weight excluding hydrogens is 545 g/mol. The smallest absolute Gasteiger partial charge is 0.383 e. The van der Waals surface area contributed by atoms with Crippen LogP contribution in [0.2, 0.25) is 0 Å². The summed E-state index contributed by atoms with van der Waals surface area (Å²) >= 11 is 0. The van der Waals surface area contributed by atoms with E-state index in [1.807, 2.05) is 0 Å². The highest BCUT2D eigenvalue weighted by atomic mass is 19.4. The van der Waals surface area contributed by atoms with Crippen LogP contribution in [0.5, 0.6) is 0 Å². The summed E-state index contributed by atoms with van der Waals surface area (Å²) in [7, 11) is 1.61. The number of carbonyl (C=O) groups is 2. The van der Waals surface area contributed by atoms with Gasteiger partial charge in [0.15, 0.2) is 16.9 Å². The molecule has 0 saturated carbocycles. The van der Waals surface area contributed by atoms with E-state index in [2.05, 4.69) is 40.8 Å². The van der Waals surface area contributed by atoms with Gasteiger partial charge in [-0.2, -0.15) is 32.1 Å². The molecule has 1 unspecified atom stereocenters. The lowest BCUT2D eigenvalue weighted by Gasteiger charge is -2.21. The Hall–Kier alpha value is -4.77. The Morgan fingerprint density at radius 1 is 1.18 bits per heavy atom. The van der Waals surface area contributed by atoms with Crippen LogP contribution < -0.4 is 16.4 Å². The summed E-state index contributed by atoms with van der Waals surface area (Å²) in [6.45, 7) is -1.64. The molecule has 4 aromatic rings. The zero-order valence-electron chi connectivity index (χ0n) is 23.5. The Bertz CT molecular complexity index is 1790. The molecule has 4 aromatic heterocycles. The van der Waals surface area contributed by atoms with Gasteiger partial charge in [-0.15, -0.1) is 0 Å². The minimum Gasteiger partial charge on any atom is -0.383 e. The van der Waals surface area contributed by atoms with Gasteiger partial charge in [-0.1, -0.05) is 0 Å². The largest absolute Gasteiger partial charge is 0.453 e. The minimum atomic E-state index is -5.84. The number of anilines is 3. The molecule has 5 heterocycles. The van der Waals surface area contributed by atoms with E-state index in [0.717, 1.165) is 6.20 Å². The molecule has 2 amide bonds. The molecule has 0 saturated heterocycles. The van der Waals surface area contributed by atoms with Gasteiger partial charge >= 0.3 is 12.1 Å². The second-order valence-corrected chi connectivity index (χ2v) is 9.08. The molecule has 1 aliphatic rings. The van der Waals surface area contributed by atoms with Gasteiger partial charge in [0, 0.05) is 37.2 Å². The topological polar surface area (TPSA) is 171 Å². The van der Waals surface area contributed by atoms with Crippen LogP contribution in [-0.2, 0) is 35.4 Å². The Morgan fingerprint density at radius 3 is 2.58 bits per heavy atom. The SMILES string of the molecule is [2H]C([2H])([2H])n1ncc2c(-c3nc(N)c4c(n3)NC(=O)C4(C)C(=O)Nc3cnn(C)c3)nc(CCC(F)(F)C(F)(F)F)nc21. The van der Waals surface area contributed by atoms with Crippen molar-refractivity contribution in [2.45, 2.75) is 37.3 Å². The summed E-state index contributed by atoms with van der Waals surface area (Å²) in [5, 5.41) is 12.6. The molecule has 0 spiro atoms. The number of alkyl halides is 5. The van der Waals surface area contributed by atoms with Crippen molar-refractivity contribution in [1.82, 2.24) is 39.5 Å². The zero-order chi connectivity index (χ0) is 31.7. The van der Waals surface area contributed by atoms with Gasteiger partial charge in [0.2, 0.25) is 11.8 Å². The van der Waals surface area contributed by atoms with Gasteiger partial charge in [0.05, 0.1) is 29.0 Å². The van der Waals surface area contributed by atoms with Crippen LogP contribution >= 0.6 is 0 Å². The molecule has 1 atom stereocenters. The molecule has 0 aromatic carbocycles. The van der Waals surface area contributed by atoms with Crippen LogP contribution in [0.4, 0.5) is 39.3 Å². The summed E-state index contributed by atoms with van der Waals surface area (Å²) in [6.07, 6.45) is -4.75. The number of hydrogen-bond donors (Lipinski definition) is 3. The average Bonchev–Trinajstić information content (AvgIpc) is 3.57. The number of nitrogens with one attached hydrogen (secondary N) is 2. The lowest BCUT2D eigenvalue weighted by molar-refractivity contribution is -0.284. The van der Waals surface area contributed by atoms with Gasteiger partial charge in [-0.25, -0.2) is 19.9 Å². The molecular formula is C22H20F5N11O2. The quantitative estimate of drug-likeness (QED) is 0.233. The van der Waals surface area contributed by atoms with Crippen molar-refractivity contribution in [2.75, 3.05) is 16.4 Å². The van der Waals surface area contributed by atoms with Crippen LogP contribution in [-0.4, -0.2) is 63.4 Å². The van der Waals surface area contributed by atoms with Crippen molar-refractivity contribution in [3.63, 3.8) is 0 Å². The van der Waals surface area contributed by atoms with Crippen molar-refractivity contribution in [3.05, 3.63) is 30.0 Å². The molecule has 0 fully saturated rings. The number of nitrogen functional groups attached to an aromatic ring is 1. The van der Waals surface area contributed by atoms with Gasteiger partial charge < -0.3 is 16.4 Å². The Balaban J connectivity index is 1.60. The van der Waals surface area contributed by atoms with E-state index in [9.17, 15) is 31.5 Å². The second kappa shape index (κ2) is 8.88. The van der Waals surface area contributed by atoms with Gasteiger partial charge in [-0.3, -0.25) is 19.0 Å². The number of fused-ring (bicyclic) bond motifs is 2. The molecule has 0 bridgehead atoms. The van der Waals surface area contributed by atoms with E-state index in [4.69, 9.17) is 9.85 Å². The Labute approximate surface area is 225 Å². The first-order chi connectivity index (χ1) is 19.8. The molecule has 5 rings (SSSR count). The van der Waals surface area contributed by atoms with E-state index in [0.29, 0.717) is 4.68 Å². The maximum atomic E-state index is 13.7. The summed E-state index contributed by atoms with van der Waals surface area (Å²) in [6, 6.07) is 0. The number of nitrogens with two attached hydrogens (primary N) is 1. The minimum absolute atomic E-state index is 0.101. The zero-order valence-corrected chi connectivity index (χ0v) is 20.5. The molecule has 0 aliphatic carbocycles. The summed E-state index contributed by atoms with van der Waals surface area (Å²) in [4.78, 5) is 42.5. The Morgan fingerprint density at radius 2 is 1.93 bits per heavy atom. The van der Waals surface area contributed by atoms with Crippen LogP contribution in [0, 0.1) is 0 Å². The molecule has 210 valence electrons. The number of aromatic nitrogens is 8. The normalized spacial score (nSPS) is 18.7. The van der Waals surface area contributed by atoms with Crippen molar-refractivity contribution in [2.24, 2.45) is 14.0 Å². The molecule has 40 heavy (non-hydrogen) atoms. The third-order valence-corrected chi connectivity index (χ3v) is 6.30. The van der Waals surface area contributed by atoms with E-state index < -0.39 is 60.6 Å². The number of aryl methyl sites for hydroxylation is 3. The van der Waals surface area contributed by atoms with Gasteiger partial charge in [-0.05, 0) is 6.92 Å². The fraction of sp³-hybridized carbons (Fsp3) is 0.364. The fourth-order valence-electron chi connectivity index (χ4n) is 4.12. The maximum absolute atomic E-state index is 13.7. The number of carbonyl (C=O) groups excluding carboxylic acids is 2. The molecule has 13 nitrogen and oxygen atoms in total. The highest BCUT2D eigenvalue weighted by molar-refractivity contribution is 6.23. The van der Waals surface area contributed by atoms with Crippen molar-refractivity contribution >= 4 is 40.2 Å². The number of amides is 2. The van der Waals surface area contributed by atoms with Crippen LogP contribution in [0.15, 0.2) is 18.6 Å². The number of nitrogens with zero attached hydrogens (tertiary/aromatic N) is 8. The summed E-state index contributed by atoms with van der Waals surface area (Å²) < 4.78 is 90.6. The van der Waals surface area contributed by atoms with Crippen LogP contribution in [0.25, 0.3) is 22.6 Å². The Kier molecular flexibility index (Phi) is 5.14. The average molecular weight is 568 g/mol.